The molecule has 0 bridgehead atoms. The van der Waals surface area contributed by atoms with Gasteiger partial charge in [0.15, 0.2) is 11.0 Å². The van der Waals surface area contributed by atoms with E-state index in [2.05, 4.69) is 42.2 Å². The Labute approximate surface area is 203 Å². The minimum Gasteiger partial charge on any atom is -0.370 e. The maximum absolute atomic E-state index is 14.6. The van der Waals surface area contributed by atoms with Crippen molar-refractivity contribution in [3.63, 3.8) is 0 Å². The maximum Gasteiger partial charge on any atom is 0.183 e. The normalized spacial score (nSPS) is 15.9. The number of halogens is 1. The number of hydrogen-bond donors (Lipinski definition) is 2. The van der Waals surface area contributed by atoms with Crippen LogP contribution in [0.3, 0.4) is 0 Å². The van der Waals surface area contributed by atoms with Gasteiger partial charge in [0.2, 0.25) is 0 Å². The fourth-order valence-electron chi connectivity index (χ4n) is 3.78. The lowest BCUT2D eigenvalue weighted by molar-refractivity contribution is 0.436. The average molecular weight is 508 g/mol. The van der Waals surface area contributed by atoms with Crippen LogP contribution in [0.5, 0.6) is 0 Å². The van der Waals surface area contributed by atoms with Crippen LogP contribution in [0, 0.1) is 12.8 Å². The Hall–Kier alpha value is -2.86. The largest absolute Gasteiger partial charge is 0.370 e. The molecule has 9 nitrogen and oxygen atoms in total. The molecule has 1 saturated heterocycles. The minimum atomic E-state index is -2.95. The summed E-state index contributed by atoms with van der Waals surface area (Å²) in [5.41, 5.74) is 1.81. The molecule has 2 aromatic heterocycles. The van der Waals surface area contributed by atoms with Gasteiger partial charge < -0.3 is 15.5 Å². The summed E-state index contributed by atoms with van der Waals surface area (Å²) in [5, 5.41) is 6.72. The Bertz CT molecular complexity index is 1150. The van der Waals surface area contributed by atoms with Gasteiger partial charge in [0.1, 0.15) is 28.0 Å². The molecule has 1 fully saturated rings. The van der Waals surface area contributed by atoms with Gasteiger partial charge in [-0.1, -0.05) is 11.3 Å². The molecule has 2 aromatic rings. The van der Waals surface area contributed by atoms with E-state index in [4.69, 9.17) is 0 Å². The number of rotatable bonds is 10. The molecule has 0 spiro atoms. The van der Waals surface area contributed by atoms with Gasteiger partial charge in [0.05, 0.1) is 34.4 Å². The molecule has 3 heterocycles. The molecular weight excluding hydrogens is 477 g/mol. The number of hydrogen-bond acceptors (Lipinski definition) is 10. The standard InChI is InChI=1S/C22H30FN7O2S2/c1-15-21(33-22(25-3)29-15)20(18(23)12-24-2)28-14-27-19-6-5-17(11-26-19)30-9-7-16(8-10-30)13-34(4,31)32/h5-6,11-12,16H,2,7-10,13-14H2,1,3-4H3,(H,25,29)(H,26,27)/b18-12+,28-20?. The second-order valence-electron chi connectivity index (χ2n) is 8.11. The number of thiazole rings is 1. The summed E-state index contributed by atoms with van der Waals surface area (Å²) in [6.07, 6.45) is 5.79. The monoisotopic (exact) mass is 507 g/mol. The average Bonchev–Trinajstić information content (AvgIpc) is 3.17. The molecule has 0 amide bonds. The van der Waals surface area contributed by atoms with E-state index in [9.17, 15) is 12.8 Å². The highest BCUT2D eigenvalue weighted by molar-refractivity contribution is 7.90. The molecule has 184 valence electrons. The van der Waals surface area contributed by atoms with Crippen LogP contribution in [0.4, 0.5) is 21.0 Å². The van der Waals surface area contributed by atoms with Crippen molar-refractivity contribution >= 4 is 50.2 Å². The second kappa shape index (κ2) is 11.5. The van der Waals surface area contributed by atoms with Gasteiger partial charge in [-0.25, -0.2) is 22.8 Å². The summed E-state index contributed by atoms with van der Waals surface area (Å²) in [6, 6.07) is 3.81. The number of nitrogens with one attached hydrogen (secondary N) is 2. The highest BCUT2D eigenvalue weighted by atomic mass is 32.2. The summed E-state index contributed by atoms with van der Waals surface area (Å²) in [7, 11) is -1.19. The van der Waals surface area contributed by atoms with Crippen LogP contribution < -0.4 is 15.5 Å². The van der Waals surface area contributed by atoms with Gasteiger partial charge in [-0.05, 0) is 44.5 Å². The topological polar surface area (TPSA) is 112 Å². The van der Waals surface area contributed by atoms with Gasteiger partial charge in [-0.2, -0.15) is 0 Å². The predicted octanol–water partition coefficient (Wildman–Crippen LogP) is 3.52. The summed E-state index contributed by atoms with van der Waals surface area (Å²) >= 11 is 1.31. The number of anilines is 3. The van der Waals surface area contributed by atoms with Gasteiger partial charge in [-0.15, -0.1) is 0 Å². The van der Waals surface area contributed by atoms with E-state index in [-0.39, 0.29) is 24.1 Å². The first-order valence-electron chi connectivity index (χ1n) is 10.8. The Balaban J connectivity index is 1.63. The molecule has 1 aliphatic heterocycles. The smallest absolute Gasteiger partial charge is 0.183 e. The predicted molar refractivity (Wildman–Crippen MR) is 139 cm³/mol. The van der Waals surface area contributed by atoms with E-state index in [0.29, 0.717) is 21.5 Å². The van der Waals surface area contributed by atoms with Crippen molar-refractivity contribution < 1.29 is 12.8 Å². The molecule has 0 unspecified atom stereocenters. The number of aromatic nitrogens is 2. The number of nitrogens with zero attached hydrogens (tertiary/aromatic N) is 5. The highest BCUT2D eigenvalue weighted by Gasteiger charge is 2.23. The quantitative estimate of drug-likeness (QED) is 0.473. The highest BCUT2D eigenvalue weighted by Crippen LogP contribution is 2.27. The number of aliphatic imine (C=N–C) groups is 2. The molecule has 3 rings (SSSR count). The third-order valence-electron chi connectivity index (χ3n) is 5.42. The van der Waals surface area contributed by atoms with Crippen LogP contribution in [0.1, 0.15) is 23.4 Å². The maximum atomic E-state index is 14.6. The van der Waals surface area contributed by atoms with Crippen LogP contribution in [-0.2, 0) is 9.84 Å². The summed E-state index contributed by atoms with van der Waals surface area (Å²) < 4.78 is 37.7. The molecular formula is C22H30FN7O2S2. The fourth-order valence-corrected chi connectivity index (χ4v) is 5.90. The Morgan fingerprint density at radius 2 is 2.12 bits per heavy atom. The van der Waals surface area contributed by atoms with Crippen molar-refractivity contribution in [2.45, 2.75) is 19.8 Å². The molecule has 0 saturated carbocycles. The molecule has 12 heteroatoms. The number of pyridine rings is 1. The lowest BCUT2D eigenvalue weighted by Gasteiger charge is -2.33. The van der Waals surface area contributed by atoms with E-state index in [0.717, 1.165) is 37.8 Å². The van der Waals surface area contributed by atoms with Crippen LogP contribution >= 0.6 is 11.3 Å². The molecule has 34 heavy (non-hydrogen) atoms. The first kappa shape index (κ1) is 25.8. The minimum absolute atomic E-state index is 0.114. The number of piperidine rings is 1. The second-order valence-corrected chi connectivity index (χ2v) is 11.3. The van der Waals surface area contributed by atoms with Crippen molar-refractivity contribution in [2.75, 3.05) is 54.3 Å². The van der Waals surface area contributed by atoms with Crippen molar-refractivity contribution in [3.8, 4) is 0 Å². The molecule has 0 aliphatic carbocycles. The van der Waals surface area contributed by atoms with Crippen LogP contribution in [0.2, 0.25) is 0 Å². The van der Waals surface area contributed by atoms with Gasteiger partial charge in [0.25, 0.3) is 0 Å². The Kier molecular flexibility index (Phi) is 8.72. The molecule has 1 aliphatic rings. The van der Waals surface area contributed by atoms with E-state index in [1.807, 2.05) is 12.1 Å². The third-order valence-corrected chi connectivity index (χ3v) is 7.68. The zero-order valence-electron chi connectivity index (χ0n) is 19.6. The van der Waals surface area contributed by atoms with Crippen molar-refractivity contribution in [1.82, 2.24) is 9.97 Å². The summed E-state index contributed by atoms with van der Waals surface area (Å²) in [6.45, 7) is 6.83. The molecule has 2 N–H and O–H groups in total. The summed E-state index contributed by atoms with van der Waals surface area (Å²) in [5.74, 6) is 0.487. The molecule has 0 aromatic carbocycles. The van der Waals surface area contributed by atoms with Crippen LogP contribution in [-0.4, -0.2) is 69.6 Å². The van der Waals surface area contributed by atoms with Gasteiger partial charge in [-0.3, -0.25) is 9.98 Å². The van der Waals surface area contributed by atoms with Gasteiger partial charge >= 0.3 is 0 Å². The number of sulfone groups is 1. The number of aryl methyl sites for hydroxylation is 1. The first-order valence-corrected chi connectivity index (χ1v) is 13.7. The molecule has 0 radical (unpaired) electrons. The van der Waals surface area contributed by atoms with E-state index < -0.39 is 15.7 Å². The Morgan fingerprint density at radius 1 is 1.38 bits per heavy atom. The number of allylic oxidation sites excluding steroid dienone is 1. The first-order chi connectivity index (χ1) is 16.2. The van der Waals surface area contributed by atoms with Crippen LogP contribution in [0.25, 0.3) is 0 Å². The third kappa shape index (κ3) is 7.07. The summed E-state index contributed by atoms with van der Waals surface area (Å²) in [4.78, 5) is 19.5. The van der Waals surface area contributed by atoms with Crippen molar-refractivity contribution in [2.24, 2.45) is 15.9 Å². The van der Waals surface area contributed by atoms with E-state index in [1.165, 1.54) is 17.6 Å². The van der Waals surface area contributed by atoms with Crippen LogP contribution in [0.15, 0.2) is 40.3 Å². The SMILES string of the molecule is C=N/C=C(/F)C(=NCNc1ccc(N2CCC(CS(C)(=O)=O)CC2)cn1)c1sc(NC)nc1C. The molecule has 0 atom stereocenters. The van der Waals surface area contributed by atoms with Crippen molar-refractivity contribution in [3.05, 3.63) is 40.9 Å². The Morgan fingerprint density at radius 3 is 2.68 bits per heavy atom. The van der Waals surface area contributed by atoms with E-state index in [1.54, 1.807) is 20.2 Å². The van der Waals surface area contributed by atoms with Crippen molar-refractivity contribution in [1.29, 1.82) is 0 Å². The van der Waals surface area contributed by atoms with Gasteiger partial charge in [0, 0.05) is 26.4 Å². The fraction of sp³-hybridized carbons (Fsp3) is 0.455. The zero-order chi connectivity index (χ0) is 24.7. The zero-order valence-corrected chi connectivity index (χ0v) is 21.2. The van der Waals surface area contributed by atoms with E-state index >= 15 is 0 Å². The lowest BCUT2D eigenvalue weighted by Crippen LogP contribution is -2.35. The lowest BCUT2D eigenvalue weighted by atomic mass is 9.99.